The van der Waals surface area contributed by atoms with Gasteiger partial charge < -0.3 is 15.3 Å². The molecule has 3 N–H and O–H groups in total. The van der Waals surface area contributed by atoms with Gasteiger partial charge in [0.1, 0.15) is 11.5 Å². The predicted molar refractivity (Wildman–Crippen MR) is 152 cm³/mol. The molecule has 0 spiro atoms. The molecule has 0 aliphatic heterocycles. The van der Waals surface area contributed by atoms with Crippen molar-refractivity contribution in [3.63, 3.8) is 0 Å². The molecule has 4 nitrogen and oxygen atoms in total. The van der Waals surface area contributed by atoms with Gasteiger partial charge in [-0.3, -0.25) is 4.79 Å². The molecule has 0 fully saturated rings. The van der Waals surface area contributed by atoms with Gasteiger partial charge >= 0.3 is 0 Å². The highest BCUT2D eigenvalue weighted by molar-refractivity contribution is 5.85. The number of phenols is 1. The summed E-state index contributed by atoms with van der Waals surface area (Å²) < 4.78 is 0. The molecule has 0 radical (unpaired) electrons. The third-order valence-corrected chi connectivity index (χ3v) is 7.06. The first kappa shape index (κ1) is 27.3. The maximum atomic E-state index is 13.0. The first-order valence-corrected chi connectivity index (χ1v) is 13.3. The Kier molecular flexibility index (Phi) is 9.47. The fourth-order valence-electron chi connectivity index (χ4n) is 5.00. The predicted octanol–water partition coefficient (Wildman–Crippen LogP) is 6.60. The number of Topliss-reactive ketones (excluding diaryl/α,β-unsaturated/α-hetero) is 1. The molecule has 4 heteroatoms. The molecule has 0 unspecified atom stereocenters. The van der Waals surface area contributed by atoms with E-state index in [0.29, 0.717) is 36.3 Å². The number of aliphatic hydroxyl groups is 2. The second kappa shape index (κ2) is 13.2. The summed E-state index contributed by atoms with van der Waals surface area (Å²) in [7, 11) is 0. The molecule has 0 saturated heterocycles. The van der Waals surface area contributed by atoms with Gasteiger partial charge in [0.25, 0.3) is 0 Å². The maximum absolute atomic E-state index is 13.0. The number of aliphatic hydroxyl groups excluding tert-OH is 2. The monoisotopic (exact) mass is 508 g/mol. The molecule has 4 aromatic rings. The van der Waals surface area contributed by atoms with Crippen molar-refractivity contribution in [1.29, 1.82) is 0 Å². The van der Waals surface area contributed by atoms with Crippen LogP contribution in [0.15, 0.2) is 97.1 Å². The average molecular weight is 509 g/mol. The van der Waals surface area contributed by atoms with Gasteiger partial charge in [-0.1, -0.05) is 91.9 Å². The van der Waals surface area contributed by atoms with Crippen molar-refractivity contribution < 1.29 is 20.1 Å². The summed E-state index contributed by atoms with van der Waals surface area (Å²) in [6, 6.07) is 31.4. The Morgan fingerprint density at radius 1 is 0.763 bits per heavy atom. The van der Waals surface area contributed by atoms with Gasteiger partial charge in [0.05, 0.1) is 12.7 Å². The zero-order valence-electron chi connectivity index (χ0n) is 21.9. The van der Waals surface area contributed by atoms with Crippen molar-refractivity contribution in [3.8, 4) is 16.9 Å². The third kappa shape index (κ3) is 7.41. The second-order valence-corrected chi connectivity index (χ2v) is 10.2. The van der Waals surface area contributed by atoms with E-state index in [4.69, 9.17) is 0 Å². The zero-order chi connectivity index (χ0) is 26.9. The number of carbonyl (C=O) groups is 1. The van der Waals surface area contributed by atoms with Crippen LogP contribution in [0.4, 0.5) is 0 Å². The second-order valence-electron chi connectivity index (χ2n) is 10.2. The summed E-state index contributed by atoms with van der Waals surface area (Å²) in [5, 5.41) is 29.7. The van der Waals surface area contributed by atoms with E-state index in [0.717, 1.165) is 35.1 Å². The Morgan fingerprint density at radius 3 is 2.29 bits per heavy atom. The average Bonchev–Trinajstić information content (AvgIpc) is 2.93. The van der Waals surface area contributed by atoms with E-state index in [-0.39, 0.29) is 18.1 Å². The summed E-state index contributed by atoms with van der Waals surface area (Å²) in [5.74, 6) is 0.580. The molecule has 0 amide bonds. The van der Waals surface area contributed by atoms with Gasteiger partial charge in [-0.2, -0.15) is 0 Å². The van der Waals surface area contributed by atoms with Crippen LogP contribution in [-0.2, 0) is 30.7 Å². The highest BCUT2D eigenvalue weighted by Crippen LogP contribution is 2.27. The molecule has 4 rings (SSSR count). The van der Waals surface area contributed by atoms with Crippen LogP contribution < -0.4 is 0 Å². The van der Waals surface area contributed by atoms with Crippen LogP contribution in [-0.4, -0.2) is 21.1 Å². The maximum Gasteiger partial charge on any atom is 0.141 e. The van der Waals surface area contributed by atoms with Gasteiger partial charge in [0.2, 0.25) is 0 Å². The van der Waals surface area contributed by atoms with Crippen molar-refractivity contribution in [2.24, 2.45) is 5.92 Å². The number of hydrogen-bond acceptors (Lipinski definition) is 4. The number of ketones is 1. The molecule has 2 atom stereocenters. The quantitative estimate of drug-likeness (QED) is 0.202. The summed E-state index contributed by atoms with van der Waals surface area (Å²) in [4.78, 5) is 13.0. The lowest BCUT2D eigenvalue weighted by Gasteiger charge is -2.17. The van der Waals surface area contributed by atoms with E-state index in [2.05, 4.69) is 37.3 Å². The zero-order valence-corrected chi connectivity index (χ0v) is 21.9. The lowest BCUT2D eigenvalue weighted by Crippen LogP contribution is -2.08. The van der Waals surface area contributed by atoms with Gasteiger partial charge in [-0.15, -0.1) is 0 Å². The molecule has 0 aromatic heterocycles. The van der Waals surface area contributed by atoms with Crippen molar-refractivity contribution >= 4 is 5.78 Å². The summed E-state index contributed by atoms with van der Waals surface area (Å²) in [5.41, 5.74) is 6.61. The lowest BCUT2D eigenvalue weighted by molar-refractivity contribution is -0.117. The highest BCUT2D eigenvalue weighted by Gasteiger charge is 2.14. The molecule has 0 saturated carbocycles. The summed E-state index contributed by atoms with van der Waals surface area (Å²) in [6.45, 7) is 1.90. The molecular weight excluding hydrogens is 472 g/mol. The lowest BCUT2D eigenvalue weighted by atomic mass is 9.91. The van der Waals surface area contributed by atoms with Crippen LogP contribution in [0.5, 0.6) is 5.75 Å². The molecule has 4 aromatic carbocycles. The Labute approximate surface area is 225 Å². The van der Waals surface area contributed by atoms with E-state index in [9.17, 15) is 20.1 Å². The van der Waals surface area contributed by atoms with Crippen molar-refractivity contribution in [2.45, 2.75) is 51.7 Å². The van der Waals surface area contributed by atoms with E-state index in [1.807, 2.05) is 48.5 Å². The fourth-order valence-corrected chi connectivity index (χ4v) is 5.00. The summed E-state index contributed by atoms with van der Waals surface area (Å²) >= 11 is 0. The summed E-state index contributed by atoms with van der Waals surface area (Å²) in [6.07, 6.45) is 2.44. The molecule has 196 valence electrons. The van der Waals surface area contributed by atoms with Crippen LogP contribution in [0.25, 0.3) is 11.1 Å². The molecule has 0 heterocycles. The first-order chi connectivity index (χ1) is 18.4. The molecular formula is C34H36O4. The topological polar surface area (TPSA) is 77.8 Å². The van der Waals surface area contributed by atoms with Crippen LogP contribution in [0, 0.1) is 5.92 Å². The Morgan fingerprint density at radius 2 is 1.50 bits per heavy atom. The smallest absolute Gasteiger partial charge is 0.141 e. The number of aromatic hydroxyl groups is 1. The van der Waals surface area contributed by atoms with Crippen LogP contribution in [0.1, 0.15) is 53.7 Å². The van der Waals surface area contributed by atoms with Crippen LogP contribution >= 0.6 is 0 Å². The van der Waals surface area contributed by atoms with E-state index < -0.39 is 6.10 Å². The normalized spacial score (nSPS) is 12.7. The minimum Gasteiger partial charge on any atom is -0.508 e. The Bertz CT molecular complexity index is 1350. The number of carbonyl (C=O) groups excluding carboxylic acids is 1. The highest BCUT2D eigenvalue weighted by atomic mass is 16.3. The van der Waals surface area contributed by atoms with Gasteiger partial charge in [-0.25, -0.2) is 0 Å². The number of hydrogen-bond donors (Lipinski definition) is 3. The standard InChI is InChI=1S/C34H36O4/c1-24(14-16-33(37)29-15-17-34(38)30(21-29)23-35)18-25-8-7-9-26(19-25)20-31(36)22-28-12-5-6-13-32(28)27-10-3-2-4-11-27/h2-13,15,17,19,21,24,33,35,37-38H,14,16,18,20,22-23H2,1H3/t24-,33+/m1/s1. The van der Waals surface area contributed by atoms with Crippen molar-refractivity contribution in [1.82, 2.24) is 0 Å². The molecule has 38 heavy (non-hydrogen) atoms. The Balaban J connectivity index is 1.32. The van der Waals surface area contributed by atoms with Gasteiger partial charge in [0, 0.05) is 18.4 Å². The molecule has 0 aliphatic carbocycles. The van der Waals surface area contributed by atoms with Gasteiger partial charge in [-0.05, 0) is 70.7 Å². The molecule has 0 bridgehead atoms. The van der Waals surface area contributed by atoms with E-state index in [1.165, 1.54) is 11.6 Å². The minimum absolute atomic E-state index is 0.0376. The number of rotatable bonds is 12. The van der Waals surface area contributed by atoms with Crippen LogP contribution in [0.2, 0.25) is 0 Å². The van der Waals surface area contributed by atoms with Gasteiger partial charge in [0.15, 0.2) is 0 Å². The van der Waals surface area contributed by atoms with Crippen molar-refractivity contribution in [2.75, 3.05) is 0 Å². The SMILES string of the molecule is C[C@H](CC[C@H](O)c1ccc(O)c(CO)c1)Cc1cccc(CC(=O)Cc2ccccc2-c2ccccc2)c1. The van der Waals surface area contributed by atoms with Crippen LogP contribution in [0.3, 0.4) is 0 Å². The first-order valence-electron chi connectivity index (χ1n) is 13.3. The minimum atomic E-state index is -0.647. The largest absolute Gasteiger partial charge is 0.508 e. The molecule has 0 aliphatic rings. The van der Waals surface area contributed by atoms with Crippen molar-refractivity contribution in [3.05, 3.63) is 125 Å². The number of benzene rings is 4. The fraction of sp³-hybridized carbons (Fsp3) is 0.265. The van der Waals surface area contributed by atoms with E-state index >= 15 is 0 Å². The Hall–Kier alpha value is -3.73. The van der Waals surface area contributed by atoms with E-state index in [1.54, 1.807) is 12.1 Å². The third-order valence-electron chi connectivity index (χ3n) is 7.06.